The zero-order chi connectivity index (χ0) is 26.4. The first-order chi connectivity index (χ1) is 17.2. The lowest BCUT2D eigenvalue weighted by Crippen LogP contribution is -2.05. The number of thiophene rings is 1. The third-order valence-corrected chi connectivity index (χ3v) is 6.39. The first-order valence-corrected chi connectivity index (χ1v) is 11.3. The molecule has 0 aliphatic rings. The fourth-order valence-electron chi connectivity index (χ4n) is 3.37. The van der Waals surface area contributed by atoms with Crippen molar-refractivity contribution in [1.29, 1.82) is 10.5 Å². The summed E-state index contributed by atoms with van der Waals surface area (Å²) >= 11 is 0.978. The van der Waals surface area contributed by atoms with Crippen molar-refractivity contribution in [1.82, 2.24) is 0 Å². The number of nitro benzene ring substituents is 1. The number of hydrogen-bond donors (Lipinski definition) is 0. The maximum Gasteiger partial charge on any atom is 0.348 e. The van der Waals surface area contributed by atoms with E-state index in [-0.39, 0.29) is 51.8 Å². The number of ketones is 1. The molecule has 0 atom stereocenters. The van der Waals surface area contributed by atoms with Crippen LogP contribution in [0.1, 0.15) is 38.4 Å². The van der Waals surface area contributed by atoms with E-state index >= 15 is 0 Å². The Morgan fingerprint density at radius 1 is 1.25 bits per heavy atom. The lowest BCUT2D eigenvalue weighted by molar-refractivity contribution is -0.384. The Morgan fingerprint density at radius 3 is 2.61 bits per heavy atom. The van der Waals surface area contributed by atoms with Crippen LogP contribution in [0.2, 0.25) is 0 Å². The van der Waals surface area contributed by atoms with Gasteiger partial charge in [-0.05, 0) is 43.7 Å². The Bertz CT molecular complexity index is 1470. The highest BCUT2D eigenvalue weighted by Crippen LogP contribution is 2.35. The van der Waals surface area contributed by atoms with Gasteiger partial charge >= 0.3 is 5.97 Å². The predicted molar refractivity (Wildman–Crippen MR) is 129 cm³/mol. The van der Waals surface area contributed by atoms with Crippen LogP contribution in [0.25, 0.3) is 17.4 Å². The zero-order valence-electron chi connectivity index (χ0n) is 19.5. The molecule has 0 fully saturated rings. The second-order valence-electron chi connectivity index (χ2n) is 7.30. The Balaban J connectivity index is 1.90. The molecule has 36 heavy (non-hydrogen) atoms. The topological polar surface area (TPSA) is 156 Å². The standard InChI is InChI=1S/C25H19N3O7S/c1-4-34-25(30)24-14(2)19(13-27)23(36-24)11-21(29)15(12-26)9-17-6-8-22(35-17)18-7-5-16(33-3)10-20(18)28(31)32/h5-10H,4,11H2,1-3H3. The maximum absolute atomic E-state index is 12.9. The minimum Gasteiger partial charge on any atom is -0.497 e. The minimum absolute atomic E-state index is 0.134. The molecule has 11 heteroatoms. The number of carbonyl (C=O) groups excluding carboxylic acids is 2. The van der Waals surface area contributed by atoms with E-state index in [9.17, 15) is 30.2 Å². The number of esters is 1. The smallest absolute Gasteiger partial charge is 0.348 e. The van der Waals surface area contributed by atoms with Crippen molar-refractivity contribution in [2.75, 3.05) is 13.7 Å². The summed E-state index contributed by atoms with van der Waals surface area (Å²) in [5, 5.41) is 30.5. The molecular weight excluding hydrogens is 486 g/mol. The van der Waals surface area contributed by atoms with Crippen molar-refractivity contribution in [2.24, 2.45) is 0 Å². The number of methoxy groups -OCH3 is 1. The van der Waals surface area contributed by atoms with E-state index in [4.69, 9.17) is 13.9 Å². The molecule has 3 rings (SSSR count). The van der Waals surface area contributed by atoms with E-state index < -0.39 is 16.7 Å². The van der Waals surface area contributed by atoms with Gasteiger partial charge in [-0.2, -0.15) is 10.5 Å². The normalized spacial score (nSPS) is 10.9. The third-order valence-electron chi connectivity index (χ3n) is 5.11. The predicted octanol–water partition coefficient (Wildman–Crippen LogP) is 5.00. The van der Waals surface area contributed by atoms with Crippen LogP contribution in [-0.2, 0) is 16.0 Å². The molecule has 0 bridgehead atoms. The van der Waals surface area contributed by atoms with Gasteiger partial charge in [0.05, 0.1) is 41.4 Å². The molecule has 3 aromatic rings. The Hall–Kier alpha value is -4.74. The van der Waals surface area contributed by atoms with Crippen molar-refractivity contribution in [3.63, 3.8) is 0 Å². The Morgan fingerprint density at radius 2 is 2.00 bits per heavy atom. The lowest BCUT2D eigenvalue weighted by atomic mass is 10.0. The first kappa shape index (κ1) is 25.9. The number of Topliss-reactive ketones (excluding diaryl/α,β-unsaturated/α-hetero) is 1. The number of nitro groups is 1. The molecule has 0 spiro atoms. The molecule has 0 N–H and O–H groups in total. The van der Waals surface area contributed by atoms with Crippen LogP contribution in [-0.4, -0.2) is 30.4 Å². The molecule has 2 heterocycles. The number of allylic oxidation sites excluding steroid dienone is 1. The lowest BCUT2D eigenvalue weighted by Gasteiger charge is -2.03. The molecule has 0 saturated heterocycles. The summed E-state index contributed by atoms with van der Waals surface area (Å²) in [7, 11) is 1.39. The van der Waals surface area contributed by atoms with Crippen LogP contribution in [0, 0.1) is 39.7 Å². The van der Waals surface area contributed by atoms with Crippen LogP contribution in [0.4, 0.5) is 5.69 Å². The first-order valence-electron chi connectivity index (χ1n) is 10.5. The fourth-order valence-corrected chi connectivity index (χ4v) is 4.51. The van der Waals surface area contributed by atoms with Gasteiger partial charge in [0.1, 0.15) is 34.3 Å². The third kappa shape index (κ3) is 5.32. The van der Waals surface area contributed by atoms with Crippen molar-refractivity contribution < 1.29 is 28.4 Å². The van der Waals surface area contributed by atoms with E-state index in [1.165, 1.54) is 37.5 Å². The SMILES string of the molecule is CCOC(=O)c1sc(CC(=O)C(C#N)=Cc2ccc(-c3ccc(OC)cc3[N+](=O)[O-])o2)c(C#N)c1C. The van der Waals surface area contributed by atoms with E-state index in [1.807, 2.05) is 12.1 Å². The van der Waals surface area contributed by atoms with Gasteiger partial charge in [-0.15, -0.1) is 11.3 Å². The summed E-state index contributed by atoms with van der Waals surface area (Å²) in [4.78, 5) is 36.5. The number of carbonyl (C=O) groups is 2. The zero-order valence-corrected chi connectivity index (χ0v) is 20.3. The van der Waals surface area contributed by atoms with Crippen molar-refractivity contribution >= 4 is 34.9 Å². The van der Waals surface area contributed by atoms with E-state index in [1.54, 1.807) is 19.9 Å². The summed E-state index contributed by atoms with van der Waals surface area (Å²) in [5.41, 5.74) is 0.339. The van der Waals surface area contributed by atoms with E-state index in [0.29, 0.717) is 16.2 Å². The van der Waals surface area contributed by atoms with Gasteiger partial charge < -0.3 is 13.9 Å². The monoisotopic (exact) mass is 505 g/mol. The molecular formula is C25H19N3O7S. The molecule has 0 amide bonds. The van der Waals surface area contributed by atoms with E-state index in [0.717, 1.165) is 11.3 Å². The van der Waals surface area contributed by atoms with Crippen LogP contribution in [0.15, 0.2) is 40.3 Å². The van der Waals surface area contributed by atoms with Gasteiger partial charge in [0.2, 0.25) is 0 Å². The molecule has 0 radical (unpaired) electrons. The highest BCUT2D eigenvalue weighted by molar-refractivity contribution is 7.14. The Labute approximate surface area is 209 Å². The number of hydrogen-bond acceptors (Lipinski definition) is 10. The molecule has 10 nitrogen and oxygen atoms in total. The largest absolute Gasteiger partial charge is 0.497 e. The van der Waals surface area contributed by atoms with Crippen molar-refractivity contribution in [2.45, 2.75) is 20.3 Å². The number of ether oxygens (including phenoxy) is 2. The van der Waals surface area contributed by atoms with E-state index in [2.05, 4.69) is 0 Å². The molecule has 0 unspecified atom stereocenters. The molecule has 0 saturated carbocycles. The van der Waals surface area contributed by atoms with Gasteiger partial charge in [-0.3, -0.25) is 14.9 Å². The molecule has 0 aliphatic heterocycles. The number of benzene rings is 1. The van der Waals surface area contributed by atoms with Crippen molar-refractivity contribution in [3.8, 4) is 29.2 Å². The van der Waals surface area contributed by atoms with Gasteiger partial charge in [-0.25, -0.2) is 4.79 Å². The van der Waals surface area contributed by atoms with Crippen LogP contribution in [0.3, 0.4) is 0 Å². The molecule has 0 aliphatic carbocycles. The summed E-state index contributed by atoms with van der Waals surface area (Å²) < 4.78 is 15.7. The van der Waals surface area contributed by atoms with Crippen LogP contribution >= 0.6 is 11.3 Å². The van der Waals surface area contributed by atoms with Crippen molar-refractivity contribution in [3.05, 3.63) is 72.7 Å². The molecule has 2 aromatic heterocycles. The van der Waals surface area contributed by atoms with Gasteiger partial charge in [-0.1, -0.05) is 0 Å². The average molecular weight is 506 g/mol. The molecule has 182 valence electrons. The van der Waals surface area contributed by atoms with Crippen LogP contribution in [0.5, 0.6) is 5.75 Å². The van der Waals surface area contributed by atoms with Gasteiger partial charge in [0, 0.05) is 17.4 Å². The highest BCUT2D eigenvalue weighted by atomic mass is 32.1. The quantitative estimate of drug-likeness (QED) is 0.128. The second-order valence-corrected chi connectivity index (χ2v) is 8.40. The number of nitriles is 2. The number of furan rings is 1. The summed E-state index contributed by atoms with van der Waals surface area (Å²) in [5.74, 6) is -0.558. The summed E-state index contributed by atoms with van der Waals surface area (Å²) in [6.45, 7) is 3.42. The van der Waals surface area contributed by atoms with Gasteiger partial charge in [0.15, 0.2) is 5.78 Å². The fraction of sp³-hybridized carbons (Fsp3) is 0.200. The average Bonchev–Trinajstić information content (AvgIpc) is 3.45. The number of rotatable bonds is 9. The summed E-state index contributed by atoms with van der Waals surface area (Å²) in [6.07, 6.45) is 0.949. The maximum atomic E-state index is 12.9. The van der Waals surface area contributed by atoms with Gasteiger partial charge in [0.25, 0.3) is 5.69 Å². The van der Waals surface area contributed by atoms with Crippen LogP contribution < -0.4 is 4.74 Å². The summed E-state index contributed by atoms with van der Waals surface area (Å²) in [6, 6.07) is 11.1. The number of nitrogens with zero attached hydrogens (tertiary/aromatic N) is 3. The second kappa shape index (κ2) is 11.1. The minimum atomic E-state index is -0.584. The highest BCUT2D eigenvalue weighted by Gasteiger charge is 2.24. The molecule has 1 aromatic carbocycles. The Kier molecular flexibility index (Phi) is 8.00.